The molecule has 2 heterocycles. The lowest BCUT2D eigenvalue weighted by molar-refractivity contribution is 0.0979. The molecule has 0 radical (unpaired) electrons. The summed E-state index contributed by atoms with van der Waals surface area (Å²) in [6.07, 6.45) is 4.45. The van der Waals surface area contributed by atoms with Crippen LogP contribution in [-0.2, 0) is 13.1 Å². The first kappa shape index (κ1) is 23.6. The lowest BCUT2D eigenvalue weighted by Gasteiger charge is -2.40. The maximum atomic E-state index is 13.4. The minimum Gasteiger partial charge on any atom is -0.493 e. The predicted molar refractivity (Wildman–Crippen MR) is 129 cm³/mol. The first-order chi connectivity index (χ1) is 16.0. The SMILES string of the molecule is CC(C)COc1ccc(CNC(=O)N(Cc2ccc(F)cc2)[C@H]2CCN3CCC[C@@H]3C2)cc1. The number of hydrogen-bond acceptors (Lipinski definition) is 3. The Bertz CT molecular complexity index is 901. The van der Waals surface area contributed by atoms with Crippen molar-refractivity contribution in [1.29, 1.82) is 0 Å². The minimum absolute atomic E-state index is 0.0593. The van der Waals surface area contributed by atoms with Crippen LogP contribution >= 0.6 is 0 Å². The van der Waals surface area contributed by atoms with Crippen LogP contribution in [0.15, 0.2) is 48.5 Å². The lowest BCUT2D eigenvalue weighted by atomic mass is 9.96. The van der Waals surface area contributed by atoms with Crippen molar-refractivity contribution in [3.8, 4) is 5.75 Å². The summed E-state index contributed by atoms with van der Waals surface area (Å²) in [7, 11) is 0. The second-order valence-corrected chi connectivity index (χ2v) is 9.77. The van der Waals surface area contributed by atoms with Gasteiger partial charge in [-0.2, -0.15) is 0 Å². The molecule has 33 heavy (non-hydrogen) atoms. The van der Waals surface area contributed by atoms with Crippen molar-refractivity contribution in [3.05, 3.63) is 65.5 Å². The third kappa shape index (κ3) is 6.47. The molecule has 0 aliphatic carbocycles. The van der Waals surface area contributed by atoms with Gasteiger partial charge in [0.25, 0.3) is 0 Å². The highest BCUT2D eigenvalue weighted by atomic mass is 19.1. The molecule has 2 aliphatic rings. The van der Waals surface area contributed by atoms with Gasteiger partial charge in [-0.25, -0.2) is 9.18 Å². The molecule has 0 bridgehead atoms. The molecule has 2 saturated heterocycles. The highest BCUT2D eigenvalue weighted by Crippen LogP contribution is 2.30. The Morgan fingerprint density at radius 2 is 1.82 bits per heavy atom. The maximum Gasteiger partial charge on any atom is 0.318 e. The molecule has 2 atom stereocenters. The second kappa shape index (κ2) is 11.0. The van der Waals surface area contributed by atoms with Crippen LogP contribution in [0.5, 0.6) is 5.75 Å². The quantitative estimate of drug-likeness (QED) is 0.598. The van der Waals surface area contributed by atoms with Crippen LogP contribution in [0, 0.1) is 11.7 Å². The van der Waals surface area contributed by atoms with Crippen molar-refractivity contribution < 1.29 is 13.9 Å². The molecule has 0 aromatic heterocycles. The summed E-state index contributed by atoms with van der Waals surface area (Å²) in [5, 5.41) is 3.12. The summed E-state index contributed by atoms with van der Waals surface area (Å²) in [6.45, 7) is 8.11. The number of nitrogens with zero attached hydrogens (tertiary/aromatic N) is 2. The average molecular weight is 454 g/mol. The van der Waals surface area contributed by atoms with E-state index in [-0.39, 0.29) is 17.9 Å². The van der Waals surface area contributed by atoms with Crippen LogP contribution in [0.1, 0.15) is 50.7 Å². The van der Waals surface area contributed by atoms with Gasteiger partial charge in [-0.05, 0) is 73.5 Å². The molecule has 0 unspecified atom stereocenters. The van der Waals surface area contributed by atoms with Gasteiger partial charge in [0.2, 0.25) is 0 Å². The molecular weight excluding hydrogens is 417 g/mol. The first-order valence-corrected chi connectivity index (χ1v) is 12.2. The summed E-state index contributed by atoms with van der Waals surface area (Å²) >= 11 is 0. The van der Waals surface area contributed by atoms with E-state index >= 15 is 0 Å². The number of fused-ring (bicyclic) bond motifs is 1. The molecule has 5 nitrogen and oxygen atoms in total. The molecule has 0 spiro atoms. The van der Waals surface area contributed by atoms with Crippen LogP contribution in [-0.4, -0.2) is 47.6 Å². The fourth-order valence-electron chi connectivity index (χ4n) is 4.89. The zero-order valence-electron chi connectivity index (χ0n) is 19.8. The van der Waals surface area contributed by atoms with E-state index < -0.39 is 0 Å². The van der Waals surface area contributed by atoms with Crippen molar-refractivity contribution in [3.63, 3.8) is 0 Å². The molecule has 6 heteroatoms. The number of rotatable bonds is 8. The minimum atomic E-state index is -0.255. The summed E-state index contributed by atoms with van der Waals surface area (Å²) in [6, 6.07) is 15.1. The van der Waals surface area contributed by atoms with Gasteiger partial charge >= 0.3 is 6.03 Å². The normalized spacial score (nSPS) is 20.5. The van der Waals surface area contributed by atoms with Crippen LogP contribution in [0.25, 0.3) is 0 Å². The standard InChI is InChI=1S/C27H36FN3O2/c1-20(2)19-33-26-11-7-21(8-12-26)17-29-27(32)31(18-22-5-9-23(28)10-6-22)25-13-15-30-14-3-4-24(30)16-25/h5-12,20,24-25H,3-4,13-19H2,1-2H3,(H,29,32)/t24-,25+/m1/s1. The topological polar surface area (TPSA) is 44.8 Å². The molecule has 0 saturated carbocycles. The van der Waals surface area contributed by atoms with Crippen LogP contribution in [0.4, 0.5) is 9.18 Å². The van der Waals surface area contributed by atoms with Crippen LogP contribution < -0.4 is 10.1 Å². The van der Waals surface area contributed by atoms with Gasteiger partial charge in [0.05, 0.1) is 6.61 Å². The van der Waals surface area contributed by atoms with E-state index in [4.69, 9.17) is 4.74 Å². The number of carbonyl (C=O) groups excluding carboxylic acids is 1. The Labute approximate surface area is 196 Å². The van der Waals surface area contributed by atoms with Crippen molar-refractivity contribution in [2.45, 2.75) is 64.7 Å². The number of hydrogen-bond donors (Lipinski definition) is 1. The van der Waals surface area contributed by atoms with Crippen LogP contribution in [0.2, 0.25) is 0 Å². The monoisotopic (exact) mass is 453 g/mol. The average Bonchev–Trinajstić information content (AvgIpc) is 3.29. The van der Waals surface area contributed by atoms with Gasteiger partial charge in [-0.3, -0.25) is 0 Å². The zero-order chi connectivity index (χ0) is 23.2. The predicted octanol–water partition coefficient (Wildman–Crippen LogP) is 5.20. The highest BCUT2D eigenvalue weighted by molar-refractivity contribution is 5.74. The third-order valence-corrected chi connectivity index (χ3v) is 6.71. The van der Waals surface area contributed by atoms with Gasteiger partial charge < -0.3 is 19.9 Å². The van der Waals surface area contributed by atoms with E-state index in [9.17, 15) is 9.18 Å². The molecule has 178 valence electrons. The maximum absolute atomic E-state index is 13.4. The van der Waals surface area contributed by atoms with Gasteiger partial charge in [-0.1, -0.05) is 38.1 Å². The van der Waals surface area contributed by atoms with Crippen molar-refractivity contribution in [2.24, 2.45) is 5.92 Å². The summed E-state index contributed by atoms with van der Waals surface area (Å²) in [5.74, 6) is 1.07. The number of halogens is 1. The fourth-order valence-corrected chi connectivity index (χ4v) is 4.89. The van der Waals surface area contributed by atoms with Crippen molar-refractivity contribution in [1.82, 2.24) is 15.1 Å². The van der Waals surface area contributed by atoms with E-state index in [1.54, 1.807) is 12.1 Å². The summed E-state index contributed by atoms with van der Waals surface area (Å²) in [4.78, 5) is 17.9. The zero-order valence-corrected chi connectivity index (χ0v) is 19.8. The number of carbonyl (C=O) groups is 1. The lowest BCUT2D eigenvalue weighted by Crippen LogP contribution is -2.51. The van der Waals surface area contributed by atoms with Crippen molar-refractivity contribution in [2.75, 3.05) is 19.7 Å². The van der Waals surface area contributed by atoms with Gasteiger partial charge in [0, 0.05) is 31.7 Å². The Balaban J connectivity index is 1.39. The number of amides is 2. The second-order valence-electron chi connectivity index (χ2n) is 9.77. The van der Waals surface area contributed by atoms with E-state index in [2.05, 4.69) is 24.1 Å². The molecule has 2 aromatic rings. The number of benzene rings is 2. The Morgan fingerprint density at radius 3 is 2.55 bits per heavy atom. The largest absolute Gasteiger partial charge is 0.493 e. The van der Waals surface area contributed by atoms with E-state index in [0.29, 0.717) is 31.7 Å². The molecule has 2 aliphatic heterocycles. The molecule has 1 N–H and O–H groups in total. The van der Waals surface area contributed by atoms with E-state index in [1.807, 2.05) is 29.2 Å². The molecule has 2 amide bonds. The summed E-state index contributed by atoms with van der Waals surface area (Å²) in [5.41, 5.74) is 1.99. The summed E-state index contributed by atoms with van der Waals surface area (Å²) < 4.78 is 19.2. The van der Waals surface area contributed by atoms with Gasteiger partial charge in [-0.15, -0.1) is 0 Å². The smallest absolute Gasteiger partial charge is 0.318 e. The van der Waals surface area contributed by atoms with E-state index in [0.717, 1.165) is 36.3 Å². The molecule has 2 fully saturated rings. The number of nitrogens with one attached hydrogen (secondary N) is 1. The van der Waals surface area contributed by atoms with Crippen molar-refractivity contribution >= 4 is 6.03 Å². The number of piperidine rings is 1. The third-order valence-electron chi connectivity index (χ3n) is 6.71. The Morgan fingerprint density at radius 1 is 1.09 bits per heavy atom. The van der Waals surface area contributed by atoms with Gasteiger partial charge in [0.1, 0.15) is 11.6 Å². The Kier molecular flexibility index (Phi) is 7.86. The first-order valence-electron chi connectivity index (χ1n) is 12.2. The highest BCUT2D eigenvalue weighted by Gasteiger charge is 2.35. The van der Waals surface area contributed by atoms with Crippen LogP contribution in [0.3, 0.4) is 0 Å². The van der Waals surface area contributed by atoms with E-state index in [1.165, 1.54) is 31.5 Å². The molecular formula is C27H36FN3O2. The fraction of sp³-hybridized carbons (Fsp3) is 0.519. The van der Waals surface area contributed by atoms with Gasteiger partial charge in [0.15, 0.2) is 0 Å². The number of urea groups is 1. The molecule has 2 aromatic carbocycles. The Hall–Kier alpha value is -2.60. The number of ether oxygens (including phenoxy) is 1. The molecule has 4 rings (SSSR count).